The van der Waals surface area contributed by atoms with Crippen LogP contribution >= 0.6 is 10.7 Å². The minimum atomic E-state index is -3.53. The summed E-state index contributed by atoms with van der Waals surface area (Å²) in [6, 6.07) is 0. The quantitative estimate of drug-likeness (QED) is 0.479. The third-order valence-corrected chi connectivity index (χ3v) is 4.45. The maximum atomic E-state index is 11.3. The lowest BCUT2D eigenvalue weighted by molar-refractivity contribution is -0.0398. The van der Waals surface area contributed by atoms with Crippen molar-refractivity contribution in [2.45, 2.75) is 26.2 Å². The van der Waals surface area contributed by atoms with Crippen LogP contribution in [0, 0.1) is 5.41 Å². The SMILES string of the molecule is CCCOCCOCC1(CS(=O)(=O)Cl)CCOCC1. The predicted molar refractivity (Wildman–Crippen MR) is 74.1 cm³/mol. The Morgan fingerprint density at radius 3 is 2.37 bits per heavy atom. The van der Waals surface area contributed by atoms with Crippen LogP contribution in [0.1, 0.15) is 26.2 Å². The summed E-state index contributed by atoms with van der Waals surface area (Å²) in [5, 5.41) is 0. The van der Waals surface area contributed by atoms with Crippen LogP contribution in [0.2, 0.25) is 0 Å². The summed E-state index contributed by atoms with van der Waals surface area (Å²) in [6.45, 7) is 5.28. The summed E-state index contributed by atoms with van der Waals surface area (Å²) in [5.41, 5.74) is -0.413. The standard InChI is InChI=1S/C12H23ClO5S/c1-2-5-16-8-9-18-10-12(11-19(13,14)15)3-6-17-7-4-12/h2-11H2,1H3. The third-order valence-electron chi connectivity index (χ3n) is 3.16. The van der Waals surface area contributed by atoms with Crippen molar-refractivity contribution >= 4 is 19.7 Å². The summed E-state index contributed by atoms with van der Waals surface area (Å²) < 4.78 is 38.8. The van der Waals surface area contributed by atoms with Crippen LogP contribution in [0.3, 0.4) is 0 Å². The highest BCUT2D eigenvalue weighted by molar-refractivity contribution is 8.13. The van der Waals surface area contributed by atoms with Crippen molar-refractivity contribution in [2.24, 2.45) is 5.41 Å². The van der Waals surface area contributed by atoms with Crippen molar-refractivity contribution in [3.05, 3.63) is 0 Å². The van der Waals surface area contributed by atoms with Crippen molar-refractivity contribution < 1.29 is 22.6 Å². The van der Waals surface area contributed by atoms with Crippen LogP contribution in [0.25, 0.3) is 0 Å². The van der Waals surface area contributed by atoms with Gasteiger partial charge in [0, 0.05) is 35.9 Å². The van der Waals surface area contributed by atoms with Crippen LogP contribution in [0.5, 0.6) is 0 Å². The van der Waals surface area contributed by atoms with Gasteiger partial charge in [-0.2, -0.15) is 0 Å². The average Bonchev–Trinajstić information content (AvgIpc) is 2.32. The molecule has 0 bridgehead atoms. The molecule has 1 saturated heterocycles. The first-order chi connectivity index (χ1) is 8.97. The molecular weight excluding hydrogens is 292 g/mol. The topological polar surface area (TPSA) is 61.8 Å². The van der Waals surface area contributed by atoms with Gasteiger partial charge >= 0.3 is 0 Å². The van der Waals surface area contributed by atoms with Gasteiger partial charge in [-0.3, -0.25) is 0 Å². The second kappa shape index (κ2) is 8.42. The molecule has 5 nitrogen and oxygen atoms in total. The van der Waals surface area contributed by atoms with Gasteiger partial charge in [-0.25, -0.2) is 8.42 Å². The predicted octanol–water partition coefficient (Wildman–Crippen LogP) is 1.80. The first-order valence-corrected chi connectivity index (χ1v) is 9.11. The van der Waals surface area contributed by atoms with Crippen LogP contribution in [0.4, 0.5) is 0 Å². The van der Waals surface area contributed by atoms with Gasteiger partial charge in [0.15, 0.2) is 0 Å². The van der Waals surface area contributed by atoms with Gasteiger partial charge in [0.1, 0.15) is 0 Å². The van der Waals surface area contributed by atoms with Gasteiger partial charge in [-0.05, 0) is 19.3 Å². The zero-order chi connectivity index (χ0) is 14.2. The van der Waals surface area contributed by atoms with E-state index in [0.717, 1.165) is 13.0 Å². The number of rotatable bonds is 9. The van der Waals surface area contributed by atoms with Crippen LogP contribution in [-0.2, 0) is 23.3 Å². The van der Waals surface area contributed by atoms with E-state index >= 15 is 0 Å². The van der Waals surface area contributed by atoms with E-state index in [0.29, 0.717) is 45.9 Å². The van der Waals surface area contributed by atoms with Crippen LogP contribution < -0.4 is 0 Å². The Labute approximate surface area is 120 Å². The Bertz CT molecular complexity index is 338. The van der Waals surface area contributed by atoms with E-state index in [4.69, 9.17) is 24.9 Å². The van der Waals surface area contributed by atoms with E-state index in [-0.39, 0.29) is 5.75 Å². The average molecular weight is 315 g/mol. The smallest absolute Gasteiger partial charge is 0.233 e. The Hall–Kier alpha value is 0.120. The van der Waals surface area contributed by atoms with E-state index in [1.165, 1.54) is 0 Å². The number of ether oxygens (including phenoxy) is 3. The van der Waals surface area contributed by atoms with Gasteiger partial charge < -0.3 is 14.2 Å². The fraction of sp³-hybridized carbons (Fsp3) is 1.00. The molecule has 0 unspecified atom stereocenters. The summed E-state index contributed by atoms with van der Waals surface area (Å²) in [5.74, 6) is -0.0548. The van der Waals surface area contributed by atoms with Gasteiger partial charge in [0.05, 0.1) is 25.6 Å². The lowest BCUT2D eigenvalue weighted by atomic mass is 9.83. The summed E-state index contributed by atoms with van der Waals surface area (Å²) in [7, 11) is 1.86. The van der Waals surface area contributed by atoms with Gasteiger partial charge in [0.2, 0.25) is 9.05 Å². The van der Waals surface area contributed by atoms with Crippen LogP contribution in [-0.4, -0.2) is 53.8 Å². The Balaban J connectivity index is 2.37. The molecule has 7 heteroatoms. The fourth-order valence-electron chi connectivity index (χ4n) is 2.15. The number of halogens is 1. The molecule has 0 spiro atoms. The Morgan fingerprint density at radius 1 is 1.16 bits per heavy atom. The largest absolute Gasteiger partial charge is 0.381 e. The third kappa shape index (κ3) is 7.46. The molecule has 0 N–H and O–H groups in total. The van der Waals surface area contributed by atoms with Crippen molar-refractivity contribution in [1.82, 2.24) is 0 Å². The lowest BCUT2D eigenvalue weighted by Crippen LogP contribution is -2.39. The fourth-order valence-corrected chi connectivity index (χ4v) is 3.95. The molecule has 1 aliphatic rings. The minimum Gasteiger partial charge on any atom is -0.381 e. The van der Waals surface area contributed by atoms with Crippen molar-refractivity contribution in [1.29, 1.82) is 0 Å². The molecule has 1 aliphatic heterocycles. The monoisotopic (exact) mass is 314 g/mol. The van der Waals surface area contributed by atoms with Gasteiger partial charge in [-0.1, -0.05) is 6.92 Å². The molecule has 0 radical (unpaired) electrons. The molecule has 0 aromatic rings. The molecule has 114 valence electrons. The Morgan fingerprint density at radius 2 is 1.79 bits per heavy atom. The van der Waals surface area contributed by atoms with E-state index in [9.17, 15) is 8.42 Å². The summed E-state index contributed by atoms with van der Waals surface area (Å²) >= 11 is 0. The highest BCUT2D eigenvalue weighted by Gasteiger charge is 2.37. The van der Waals surface area contributed by atoms with Crippen molar-refractivity contribution in [3.63, 3.8) is 0 Å². The zero-order valence-corrected chi connectivity index (χ0v) is 13.0. The molecule has 1 rings (SSSR count). The molecule has 0 aromatic carbocycles. The minimum absolute atomic E-state index is 0.0548. The second-order valence-corrected chi connectivity index (χ2v) is 7.74. The lowest BCUT2D eigenvalue weighted by Gasteiger charge is -2.35. The molecular formula is C12H23ClO5S. The molecule has 0 atom stereocenters. The maximum Gasteiger partial charge on any atom is 0.233 e. The molecule has 0 aliphatic carbocycles. The van der Waals surface area contributed by atoms with Crippen molar-refractivity contribution in [2.75, 3.05) is 45.4 Å². The maximum absolute atomic E-state index is 11.3. The number of hydrogen-bond donors (Lipinski definition) is 0. The van der Waals surface area contributed by atoms with Crippen molar-refractivity contribution in [3.8, 4) is 0 Å². The molecule has 0 saturated carbocycles. The first-order valence-electron chi connectivity index (χ1n) is 6.63. The normalized spacial score (nSPS) is 19.5. The van der Waals surface area contributed by atoms with Gasteiger partial charge in [0.25, 0.3) is 0 Å². The Kier molecular flexibility index (Phi) is 7.61. The molecule has 0 aromatic heterocycles. The van der Waals surface area contributed by atoms with Gasteiger partial charge in [-0.15, -0.1) is 0 Å². The summed E-state index contributed by atoms with van der Waals surface area (Å²) in [6.07, 6.45) is 2.30. The van der Waals surface area contributed by atoms with E-state index in [2.05, 4.69) is 0 Å². The number of hydrogen-bond acceptors (Lipinski definition) is 5. The first kappa shape index (κ1) is 17.2. The van der Waals surface area contributed by atoms with Crippen LogP contribution in [0.15, 0.2) is 0 Å². The molecule has 1 heterocycles. The van der Waals surface area contributed by atoms with E-state index in [1.807, 2.05) is 6.92 Å². The summed E-state index contributed by atoms with van der Waals surface area (Å²) in [4.78, 5) is 0. The molecule has 0 amide bonds. The second-order valence-electron chi connectivity index (χ2n) is 4.96. The highest BCUT2D eigenvalue weighted by Crippen LogP contribution is 2.33. The zero-order valence-electron chi connectivity index (χ0n) is 11.4. The van der Waals surface area contributed by atoms with E-state index in [1.54, 1.807) is 0 Å². The highest BCUT2D eigenvalue weighted by atomic mass is 35.7. The van der Waals surface area contributed by atoms with E-state index < -0.39 is 14.5 Å². The molecule has 1 fully saturated rings. The molecule has 19 heavy (non-hydrogen) atoms.